The van der Waals surface area contributed by atoms with Gasteiger partial charge in [0.25, 0.3) is 0 Å². The molecule has 1 heterocycles. The second-order valence-corrected chi connectivity index (χ2v) is 7.23. The molecule has 1 unspecified atom stereocenters. The van der Waals surface area contributed by atoms with Crippen LogP contribution in [0.15, 0.2) is 29.2 Å². The highest BCUT2D eigenvalue weighted by molar-refractivity contribution is 7.85. The molecule has 0 saturated heterocycles. The molecular formula is C14H12F2O2S2. The zero-order valence-electron chi connectivity index (χ0n) is 10.9. The number of thiophene rings is 1. The molecular weight excluding hydrogens is 302 g/mol. The van der Waals surface area contributed by atoms with Gasteiger partial charge in [0.1, 0.15) is 0 Å². The number of carbonyl (C=O) groups excluding carboxylic acids is 1. The van der Waals surface area contributed by atoms with Crippen molar-refractivity contribution in [3.8, 4) is 0 Å². The lowest BCUT2D eigenvalue weighted by Crippen LogP contribution is -2.11. The Morgan fingerprint density at radius 3 is 2.45 bits per heavy atom. The van der Waals surface area contributed by atoms with Crippen molar-refractivity contribution in [3.05, 3.63) is 51.2 Å². The maximum atomic E-state index is 13.1. The smallest absolute Gasteiger partial charge is 0.176 e. The van der Waals surface area contributed by atoms with Gasteiger partial charge in [0, 0.05) is 20.2 Å². The number of hydrogen-bond acceptors (Lipinski definition) is 3. The normalized spacial score (nSPS) is 12.4. The molecule has 0 spiro atoms. The van der Waals surface area contributed by atoms with Crippen molar-refractivity contribution in [2.75, 3.05) is 5.75 Å². The highest BCUT2D eigenvalue weighted by atomic mass is 32.2. The predicted molar refractivity (Wildman–Crippen MR) is 75.8 cm³/mol. The number of carbonyl (C=O) groups is 1. The molecule has 106 valence electrons. The van der Waals surface area contributed by atoms with Gasteiger partial charge < -0.3 is 0 Å². The van der Waals surface area contributed by atoms with Crippen molar-refractivity contribution in [1.82, 2.24) is 0 Å². The Balaban J connectivity index is 2.17. The molecule has 0 aliphatic heterocycles. The van der Waals surface area contributed by atoms with Crippen molar-refractivity contribution in [3.63, 3.8) is 0 Å². The van der Waals surface area contributed by atoms with Crippen LogP contribution in [0.3, 0.4) is 0 Å². The van der Waals surface area contributed by atoms with Crippen molar-refractivity contribution < 1.29 is 17.8 Å². The Morgan fingerprint density at radius 1 is 1.20 bits per heavy atom. The third-order valence-electron chi connectivity index (χ3n) is 2.76. The number of halogens is 2. The average molecular weight is 314 g/mol. The van der Waals surface area contributed by atoms with Crippen LogP contribution in [0.25, 0.3) is 0 Å². The number of benzene rings is 1. The van der Waals surface area contributed by atoms with Crippen LogP contribution in [-0.2, 0) is 10.8 Å². The van der Waals surface area contributed by atoms with Gasteiger partial charge in [0.2, 0.25) is 0 Å². The predicted octanol–water partition coefficient (Wildman–Crippen LogP) is 3.63. The van der Waals surface area contributed by atoms with Crippen molar-refractivity contribution in [2.24, 2.45) is 0 Å². The fourth-order valence-electron chi connectivity index (χ4n) is 1.81. The molecule has 6 heteroatoms. The molecule has 0 fully saturated rings. The molecule has 1 aromatic heterocycles. The fourth-order valence-corrected chi connectivity index (χ4v) is 3.76. The van der Waals surface area contributed by atoms with Gasteiger partial charge in [-0.15, -0.1) is 11.3 Å². The van der Waals surface area contributed by atoms with Gasteiger partial charge in [-0.05, 0) is 38.1 Å². The first-order chi connectivity index (χ1) is 9.38. The quantitative estimate of drug-likeness (QED) is 0.808. The number of Topliss-reactive ketones (excluding diaryl/α,β-unsaturated/α-hetero) is 1. The van der Waals surface area contributed by atoms with Gasteiger partial charge >= 0.3 is 0 Å². The SMILES string of the molecule is Cc1cc(C(=O)CS(=O)c2ccc(F)c(F)c2)c(C)s1. The number of aryl methyl sites for hydroxylation is 2. The largest absolute Gasteiger partial charge is 0.293 e. The molecule has 0 aliphatic carbocycles. The maximum Gasteiger partial charge on any atom is 0.176 e. The summed E-state index contributed by atoms with van der Waals surface area (Å²) in [6.45, 7) is 3.71. The number of hydrogen-bond donors (Lipinski definition) is 0. The van der Waals surface area contributed by atoms with Gasteiger partial charge in [-0.3, -0.25) is 9.00 Å². The summed E-state index contributed by atoms with van der Waals surface area (Å²) in [4.78, 5) is 14.0. The topological polar surface area (TPSA) is 34.1 Å². The summed E-state index contributed by atoms with van der Waals surface area (Å²) in [6.07, 6.45) is 0. The third-order valence-corrected chi connectivity index (χ3v) is 5.03. The third kappa shape index (κ3) is 3.19. The van der Waals surface area contributed by atoms with Crippen LogP contribution in [0.4, 0.5) is 8.78 Å². The van der Waals surface area contributed by atoms with Crippen molar-refractivity contribution in [2.45, 2.75) is 18.7 Å². The lowest BCUT2D eigenvalue weighted by Gasteiger charge is -2.02. The molecule has 0 bridgehead atoms. The molecule has 2 aromatic rings. The number of rotatable bonds is 4. The second-order valence-electron chi connectivity index (χ2n) is 4.32. The molecule has 20 heavy (non-hydrogen) atoms. The molecule has 0 amide bonds. The lowest BCUT2D eigenvalue weighted by molar-refractivity contribution is 0.102. The Morgan fingerprint density at radius 2 is 1.90 bits per heavy atom. The minimum atomic E-state index is -1.68. The molecule has 0 saturated carbocycles. The molecule has 2 nitrogen and oxygen atoms in total. The summed E-state index contributed by atoms with van der Waals surface area (Å²) in [5.41, 5.74) is 0.545. The second kappa shape index (κ2) is 5.93. The summed E-state index contributed by atoms with van der Waals surface area (Å²) in [7, 11) is -1.68. The first-order valence-corrected chi connectivity index (χ1v) is 7.95. The summed E-state index contributed by atoms with van der Waals surface area (Å²) in [6, 6.07) is 4.76. The Hall–Kier alpha value is -1.40. The summed E-state index contributed by atoms with van der Waals surface area (Å²) in [5.74, 6) is -2.55. The first kappa shape index (κ1) is 15.0. The van der Waals surface area contributed by atoms with Crippen molar-refractivity contribution >= 4 is 27.9 Å². The highest BCUT2D eigenvalue weighted by Crippen LogP contribution is 2.22. The number of ketones is 1. The Kier molecular flexibility index (Phi) is 4.45. The van der Waals surface area contributed by atoms with E-state index >= 15 is 0 Å². The van der Waals surface area contributed by atoms with E-state index in [-0.39, 0.29) is 16.4 Å². The van der Waals surface area contributed by atoms with E-state index in [4.69, 9.17) is 0 Å². The van der Waals surface area contributed by atoms with E-state index < -0.39 is 22.4 Å². The minimum absolute atomic E-state index is 0.113. The van der Waals surface area contributed by atoms with Crippen LogP contribution in [0.5, 0.6) is 0 Å². The van der Waals surface area contributed by atoms with E-state index in [1.807, 2.05) is 13.8 Å². The van der Waals surface area contributed by atoms with Crippen LogP contribution in [0.2, 0.25) is 0 Å². The molecule has 2 rings (SSSR count). The first-order valence-electron chi connectivity index (χ1n) is 5.82. The van der Waals surface area contributed by atoms with Crippen LogP contribution in [-0.4, -0.2) is 15.7 Å². The molecule has 0 N–H and O–H groups in total. The van der Waals surface area contributed by atoms with E-state index in [0.29, 0.717) is 5.56 Å². The van der Waals surface area contributed by atoms with Crippen LogP contribution in [0.1, 0.15) is 20.1 Å². The summed E-state index contributed by atoms with van der Waals surface area (Å²) in [5, 5.41) is 0. The monoisotopic (exact) mass is 314 g/mol. The zero-order chi connectivity index (χ0) is 14.9. The van der Waals surface area contributed by atoms with Crippen LogP contribution >= 0.6 is 11.3 Å². The summed E-state index contributed by atoms with van der Waals surface area (Å²) < 4.78 is 37.9. The fraction of sp³-hybridized carbons (Fsp3) is 0.214. The summed E-state index contributed by atoms with van der Waals surface area (Å²) >= 11 is 1.50. The Labute approximate surface area is 121 Å². The van der Waals surface area contributed by atoms with Gasteiger partial charge in [-0.25, -0.2) is 8.78 Å². The van der Waals surface area contributed by atoms with Gasteiger partial charge in [0.05, 0.1) is 16.6 Å². The van der Waals surface area contributed by atoms with E-state index in [1.54, 1.807) is 6.07 Å². The molecule has 0 radical (unpaired) electrons. The van der Waals surface area contributed by atoms with Gasteiger partial charge in [0.15, 0.2) is 17.4 Å². The maximum absolute atomic E-state index is 13.1. The molecule has 1 aromatic carbocycles. The van der Waals surface area contributed by atoms with Crippen LogP contribution < -0.4 is 0 Å². The lowest BCUT2D eigenvalue weighted by atomic mass is 10.2. The van der Waals surface area contributed by atoms with Crippen molar-refractivity contribution in [1.29, 1.82) is 0 Å². The van der Waals surface area contributed by atoms with Crippen LogP contribution in [0, 0.1) is 25.5 Å². The average Bonchev–Trinajstić information content (AvgIpc) is 2.71. The zero-order valence-corrected chi connectivity index (χ0v) is 12.5. The van der Waals surface area contributed by atoms with E-state index in [9.17, 15) is 17.8 Å². The molecule has 0 aliphatic rings. The van der Waals surface area contributed by atoms with E-state index in [1.165, 1.54) is 17.4 Å². The van der Waals surface area contributed by atoms with E-state index in [0.717, 1.165) is 21.9 Å². The molecule has 1 atom stereocenters. The van der Waals surface area contributed by atoms with Gasteiger partial charge in [-0.2, -0.15) is 0 Å². The van der Waals surface area contributed by atoms with E-state index in [2.05, 4.69) is 0 Å². The minimum Gasteiger partial charge on any atom is -0.293 e. The Bertz CT molecular complexity index is 692. The standard InChI is InChI=1S/C14H12F2O2S2/c1-8-5-11(9(2)19-8)14(17)7-20(18)10-3-4-12(15)13(16)6-10/h3-6H,7H2,1-2H3. The highest BCUT2D eigenvalue weighted by Gasteiger charge is 2.17. The van der Waals surface area contributed by atoms with Gasteiger partial charge in [-0.1, -0.05) is 0 Å².